The first-order chi connectivity index (χ1) is 9.65. The minimum Gasteiger partial charge on any atom is -0.325 e. The van der Waals surface area contributed by atoms with Gasteiger partial charge in [0.2, 0.25) is 5.91 Å². The summed E-state index contributed by atoms with van der Waals surface area (Å²) < 4.78 is 1.86. The van der Waals surface area contributed by atoms with Crippen molar-refractivity contribution >= 4 is 23.2 Å². The molecular weight excluding hydrogens is 278 g/mol. The Bertz CT molecular complexity index is 566. The minimum absolute atomic E-state index is 0.0923. The molecule has 6 nitrogen and oxygen atoms in total. The summed E-state index contributed by atoms with van der Waals surface area (Å²) in [6.45, 7) is 0.918. The number of carbonyl (C=O) groups excluding carboxylic acids is 1. The fraction of sp³-hybridized carbons (Fsp3) is 0.308. The first-order valence-corrected chi connectivity index (χ1v) is 6.62. The molecule has 2 rings (SSSR count). The van der Waals surface area contributed by atoms with Crippen LogP contribution in [-0.4, -0.2) is 33.8 Å². The molecule has 0 fully saturated rings. The van der Waals surface area contributed by atoms with E-state index in [1.54, 1.807) is 30.6 Å². The molecule has 0 aliphatic heterocycles. The van der Waals surface area contributed by atoms with Gasteiger partial charge in [0.25, 0.3) is 0 Å². The van der Waals surface area contributed by atoms with E-state index in [0.29, 0.717) is 11.6 Å². The van der Waals surface area contributed by atoms with Crippen molar-refractivity contribution in [3.63, 3.8) is 0 Å². The number of aromatic nitrogens is 3. The second kappa shape index (κ2) is 7.02. The van der Waals surface area contributed by atoms with Crippen molar-refractivity contribution in [2.75, 3.05) is 18.4 Å². The molecule has 1 aromatic heterocycles. The molecule has 1 heterocycles. The number of carbonyl (C=O) groups is 1. The van der Waals surface area contributed by atoms with Crippen LogP contribution >= 0.6 is 11.6 Å². The molecule has 7 heteroatoms. The molecule has 106 valence electrons. The molecule has 0 unspecified atom stereocenters. The maximum absolute atomic E-state index is 11.7. The van der Waals surface area contributed by atoms with Gasteiger partial charge in [-0.2, -0.15) is 0 Å². The van der Waals surface area contributed by atoms with Gasteiger partial charge in [0, 0.05) is 30.7 Å². The Morgan fingerprint density at radius 3 is 2.75 bits per heavy atom. The number of benzene rings is 1. The first-order valence-electron chi connectivity index (χ1n) is 6.24. The lowest BCUT2D eigenvalue weighted by molar-refractivity contribution is -0.115. The summed E-state index contributed by atoms with van der Waals surface area (Å²) >= 11 is 5.77. The molecule has 0 saturated heterocycles. The number of nitrogens with zero attached hydrogens (tertiary/aromatic N) is 3. The van der Waals surface area contributed by atoms with E-state index in [9.17, 15) is 4.79 Å². The molecule has 0 spiro atoms. The molecule has 0 aliphatic rings. The number of nitrogens with one attached hydrogen (secondary N) is 2. The Morgan fingerprint density at radius 2 is 2.10 bits per heavy atom. The summed E-state index contributed by atoms with van der Waals surface area (Å²) in [5, 5.41) is 14.2. The molecule has 1 amide bonds. The van der Waals surface area contributed by atoms with Gasteiger partial charge in [-0.25, -0.2) is 0 Å². The van der Waals surface area contributed by atoms with Crippen LogP contribution in [-0.2, 0) is 18.3 Å². The number of amides is 1. The summed E-state index contributed by atoms with van der Waals surface area (Å²) in [6.07, 6.45) is 2.38. The number of halogens is 1. The highest BCUT2D eigenvalue weighted by atomic mass is 35.5. The van der Waals surface area contributed by atoms with Crippen molar-refractivity contribution < 1.29 is 4.79 Å². The Balaban J connectivity index is 1.68. The van der Waals surface area contributed by atoms with Gasteiger partial charge < -0.3 is 15.2 Å². The Hall–Kier alpha value is -1.92. The van der Waals surface area contributed by atoms with Gasteiger partial charge in [0.15, 0.2) is 0 Å². The topological polar surface area (TPSA) is 71.8 Å². The van der Waals surface area contributed by atoms with Crippen LogP contribution in [0.1, 0.15) is 5.82 Å². The predicted octanol–water partition coefficient (Wildman–Crippen LogP) is 1.24. The average Bonchev–Trinajstić information content (AvgIpc) is 2.83. The standard InChI is InChI=1S/C13H16ClN5O/c1-19-9-16-18-12(19)6-7-15-8-13(20)17-11-4-2-10(14)3-5-11/h2-5,9,15H,6-8H2,1H3,(H,17,20). The highest BCUT2D eigenvalue weighted by molar-refractivity contribution is 6.30. The van der Waals surface area contributed by atoms with Crippen LogP contribution in [0.5, 0.6) is 0 Å². The van der Waals surface area contributed by atoms with Crippen molar-refractivity contribution in [1.82, 2.24) is 20.1 Å². The molecule has 0 saturated carbocycles. The van der Waals surface area contributed by atoms with Crippen LogP contribution in [0.15, 0.2) is 30.6 Å². The molecule has 0 bridgehead atoms. The second-order valence-electron chi connectivity index (χ2n) is 4.34. The predicted molar refractivity (Wildman–Crippen MR) is 77.7 cm³/mol. The molecule has 20 heavy (non-hydrogen) atoms. The molecule has 0 radical (unpaired) electrons. The Labute approximate surface area is 122 Å². The van der Waals surface area contributed by atoms with Crippen LogP contribution in [0, 0.1) is 0 Å². The highest BCUT2D eigenvalue weighted by Gasteiger charge is 2.03. The quantitative estimate of drug-likeness (QED) is 0.786. The SMILES string of the molecule is Cn1cnnc1CCNCC(=O)Nc1ccc(Cl)cc1. The van der Waals surface area contributed by atoms with Gasteiger partial charge in [-0.05, 0) is 24.3 Å². The molecule has 2 aromatic rings. The molecular formula is C13H16ClN5O. The monoisotopic (exact) mass is 293 g/mol. The fourth-order valence-electron chi connectivity index (χ4n) is 1.67. The van der Waals surface area contributed by atoms with Gasteiger partial charge in [0.1, 0.15) is 12.2 Å². The normalized spacial score (nSPS) is 10.5. The van der Waals surface area contributed by atoms with E-state index >= 15 is 0 Å². The zero-order chi connectivity index (χ0) is 14.4. The van der Waals surface area contributed by atoms with Crippen molar-refractivity contribution in [1.29, 1.82) is 0 Å². The molecule has 0 aliphatic carbocycles. The van der Waals surface area contributed by atoms with E-state index in [4.69, 9.17) is 11.6 Å². The maximum Gasteiger partial charge on any atom is 0.238 e. The second-order valence-corrected chi connectivity index (χ2v) is 4.78. The van der Waals surface area contributed by atoms with Crippen molar-refractivity contribution in [3.8, 4) is 0 Å². The third kappa shape index (κ3) is 4.32. The van der Waals surface area contributed by atoms with Gasteiger partial charge >= 0.3 is 0 Å². The average molecular weight is 294 g/mol. The Morgan fingerprint density at radius 1 is 1.35 bits per heavy atom. The molecule has 1 aromatic carbocycles. The van der Waals surface area contributed by atoms with Crippen molar-refractivity contribution in [2.45, 2.75) is 6.42 Å². The van der Waals surface area contributed by atoms with Crippen LogP contribution in [0.2, 0.25) is 5.02 Å². The highest BCUT2D eigenvalue weighted by Crippen LogP contribution is 2.12. The van der Waals surface area contributed by atoms with Crippen LogP contribution < -0.4 is 10.6 Å². The van der Waals surface area contributed by atoms with E-state index < -0.39 is 0 Å². The van der Waals surface area contributed by atoms with Gasteiger partial charge in [-0.15, -0.1) is 10.2 Å². The zero-order valence-electron chi connectivity index (χ0n) is 11.1. The lowest BCUT2D eigenvalue weighted by Gasteiger charge is -2.06. The number of aryl methyl sites for hydroxylation is 1. The van der Waals surface area contributed by atoms with E-state index in [0.717, 1.165) is 17.9 Å². The summed E-state index contributed by atoms with van der Waals surface area (Å²) in [4.78, 5) is 11.7. The molecule has 2 N–H and O–H groups in total. The zero-order valence-corrected chi connectivity index (χ0v) is 11.9. The summed E-state index contributed by atoms with van der Waals surface area (Å²) in [5.74, 6) is 0.792. The van der Waals surface area contributed by atoms with E-state index in [2.05, 4.69) is 20.8 Å². The van der Waals surface area contributed by atoms with Crippen LogP contribution in [0.4, 0.5) is 5.69 Å². The maximum atomic E-state index is 11.7. The first kappa shape index (κ1) is 14.5. The largest absolute Gasteiger partial charge is 0.325 e. The lowest BCUT2D eigenvalue weighted by atomic mass is 10.3. The fourth-order valence-corrected chi connectivity index (χ4v) is 1.80. The van der Waals surface area contributed by atoms with Crippen molar-refractivity contribution in [3.05, 3.63) is 41.4 Å². The number of rotatable bonds is 6. The van der Waals surface area contributed by atoms with E-state index in [1.165, 1.54) is 0 Å². The van der Waals surface area contributed by atoms with E-state index in [-0.39, 0.29) is 12.5 Å². The summed E-state index contributed by atoms with van der Waals surface area (Å²) in [5.41, 5.74) is 0.731. The summed E-state index contributed by atoms with van der Waals surface area (Å²) in [7, 11) is 1.89. The Kier molecular flexibility index (Phi) is 5.09. The summed E-state index contributed by atoms with van der Waals surface area (Å²) in [6, 6.07) is 7.00. The molecule has 0 atom stereocenters. The minimum atomic E-state index is -0.0923. The van der Waals surface area contributed by atoms with Crippen molar-refractivity contribution in [2.24, 2.45) is 7.05 Å². The number of hydrogen-bond donors (Lipinski definition) is 2. The van der Waals surface area contributed by atoms with E-state index in [1.807, 2.05) is 11.6 Å². The third-order valence-electron chi connectivity index (χ3n) is 2.74. The lowest BCUT2D eigenvalue weighted by Crippen LogP contribution is -2.29. The smallest absolute Gasteiger partial charge is 0.238 e. The van der Waals surface area contributed by atoms with Crippen LogP contribution in [0.3, 0.4) is 0 Å². The number of anilines is 1. The third-order valence-corrected chi connectivity index (χ3v) is 3.00. The van der Waals surface area contributed by atoms with Gasteiger partial charge in [0.05, 0.1) is 6.54 Å². The van der Waals surface area contributed by atoms with Crippen LogP contribution in [0.25, 0.3) is 0 Å². The van der Waals surface area contributed by atoms with Gasteiger partial charge in [-0.1, -0.05) is 11.6 Å². The van der Waals surface area contributed by atoms with Gasteiger partial charge in [-0.3, -0.25) is 4.79 Å². The number of hydrogen-bond acceptors (Lipinski definition) is 4.